The van der Waals surface area contributed by atoms with Crippen molar-refractivity contribution in [1.29, 1.82) is 0 Å². The van der Waals surface area contributed by atoms with E-state index in [9.17, 15) is 4.79 Å². The SMILES string of the molecule is C=C(CC(=O)c1ccc(OC)cc1)Nc1ccc(Cl)cc1. The molecule has 0 heterocycles. The second-order valence-corrected chi connectivity index (χ2v) is 5.00. The van der Waals surface area contributed by atoms with Crippen LogP contribution in [0.15, 0.2) is 60.8 Å². The number of hydrogen-bond acceptors (Lipinski definition) is 3. The van der Waals surface area contributed by atoms with Crippen molar-refractivity contribution in [3.63, 3.8) is 0 Å². The van der Waals surface area contributed by atoms with Gasteiger partial charge in [-0.1, -0.05) is 18.2 Å². The van der Waals surface area contributed by atoms with Gasteiger partial charge in [-0.15, -0.1) is 0 Å². The van der Waals surface area contributed by atoms with Crippen molar-refractivity contribution >= 4 is 23.1 Å². The van der Waals surface area contributed by atoms with E-state index >= 15 is 0 Å². The van der Waals surface area contributed by atoms with Gasteiger partial charge in [-0.25, -0.2) is 0 Å². The van der Waals surface area contributed by atoms with Crippen LogP contribution in [0.5, 0.6) is 5.75 Å². The summed E-state index contributed by atoms with van der Waals surface area (Å²) in [5.41, 5.74) is 2.12. The van der Waals surface area contributed by atoms with Crippen molar-refractivity contribution in [1.82, 2.24) is 0 Å². The molecular formula is C17H16ClNO2. The lowest BCUT2D eigenvalue weighted by Gasteiger charge is -2.09. The van der Waals surface area contributed by atoms with Crippen molar-refractivity contribution in [2.75, 3.05) is 12.4 Å². The fourth-order valence-electron chi connectivity index (χ4n) is 1.85. The fraction of sp³-hybridized carbons (Fsp3) is 0.118. The Morgan fingerprint density at radius 3 is 2.33 bits per heavy atom. The molecule has 0 amide bonds. The van der Waals surface area contributed by atoms with Gasteiger partial charge in [0.25, 0.3) is 0 Å². The molecule has 0 aliphatic rings. The number of benzene rings is 2. The summed E-state index contributed by atoms with van der Waals surface area (Å²) < 4.78 is 5.07. The molecular weight excluding hydrogens is 286 g/mol. The van der Waals surface area contributed by atoms with Crippen molar-refractivity contribution in [3.05, 3.63) is 71.4 Å². The summed E-state index contributed by atoms with van der Waals surface area (Å²) in [4.78, 5) is 12.1. The van der Waals surface area contributed by atoms with E-state index in [4.69, 9.17) is 16.3 Å². The van der Waals surface area contributed by atoms with Crippen LogP contribution in [-0.2, 0) is 0 Å². The summed E-state index contributed by atoms with van der Waals surface area (Å²) in [6, 6.07) is 14.3. The van der Waals surface area contributed by atoms with Crippen LogP contribution >= 0.6 is 11.6 Å². The fourth-order valence-corrected chi connectivity index (χ4v) is 1.98. The van der Waals surface area contributed by atoms with Crippen molar-refractivity contribution in [2.24, 2.45) is 0 Å². The summed E-state index contributed by atoms with van der Waals surface area (Å²) in [7, 11) is 1.59. The van der Waals surface area contributed by atoms with E-state index in [0.29, 0.717) is 16.3 Å². The number of nitrogens with one attached hydrogen (secondary N) is 1. The smallest absolute Gasteiger partial charge is 0.168 e. The lowest BCUT2D eigenvalue weighted by Crippen LogP contribution is -2.06. The highest BCUT2D eigenvalue weighted by molar-refractivity contribution is 6.30. The van der Waals surface area contributed by atoms with Gasteiger partial charge in [-0.05, 0) is 48.5 Å². The highest BCUT2D eigenvalue weighted by atomic mass is 35.5. The minimum Gasteiger partial charge on any atom is -0.497 e. The van der Waals surface area contributed by atoms with Crippen LogP contribution in [0, 0.1) is 0 Å². The first kappa shape index (κ1) is 15.1. The maximum atomic E-state index is 12.1. The number of rotatable bonds is 6. The summed E-state index contributed by atoms with van der Waals surface area (Å²) in [6.07, 6.45) is 0.231. The molecule has 0 aromatic heterocycles. The molecule has 0 bridgehead atoms. The standard InChI is InChI=1S/C17H16ClNO2/c1-12(19-15-7-5-14(18)6-8-15)11-17(20)13-3-9-16(21-2)10-4-13/h3-10,19H,1,11H2,2H3. The van der Waals surface area contributed by atoms with Crippen LogP contribution in [0.25, 0.3) is 0 Å². The molecule has 0 aliphatic carbocycles. The summed E-state index contributed by atoms with van der Waals surface area (Å²) >= 11 is 5.82. The minimum atomic E-state index is 0.00381. The van der Waals surface area contributed by atoms with Crippen LogP contribution in [0.2, 0.25) is 5.02 Å². The second-order valence-electron chi connectivity index (χ2n) is 4.56. The van der Waals surface area contributed by atoms with Gasteiger partial charge < -0.3 is 10.1 Å². The molecule has 0 aliphatic heterocycles. The molecule has 108 valence electrons. The van der Waals surface area contributed by atoms with E-state index in [0.717, 1.165) is 11.4 Å². The number of carbonyl (C=O) groups excluding carboxylic acids is 1. The maximum absolute atomic E-state index is 12.1. The molecule has 1 N–H and O–H groups in total. The first-order valence-corrected chi connectivity index (χ1v) is 6.84. The summed E-state index contributed by atoms with van der Waals surface area (Å²) in [5, 5.41) is 3.76. The predicted octanol–water partition coefficient (Wildman–Crippen LogP) is 4.55. The molecule has 0 unspecified atom stereocenters. The zero-order chi connectivity index (χ0) is 15.2. The first-order valence-electron chi connectivity index (χ1n) is 6.46. The van der Waals surface area contributed by atoms with Crippen LogP contribution in [0.3, 0.4) is 0 Å². The van der Waals surface area contributed by atoms with E-state index in [1.54, 1.807) is 43.5 Å². The van der Waals surface area contributed by atoms with Crippen LogP contribution < -0.4 is 10.1 Å². The third-order valence-corrected chi connectivity index (χ3v) is 3.20. The Balaban J connectivity index is 1.95. The van der Waals surface area contributed by atoms with E-state index in [-0.39, 0.29) is 12.2 Å². The molecule has 2 aromatic carbocycles. The monoisotopic (exact) mass is 301 g/mol. The minimum absolute atomic E-state index is 0.00381. The Morgan fingerprint density at radius 2 is 1.76 bits per heavy atom. The topological polar surface area (TPSA) is 38.3 Å². The summed E-state index contributed by atoms with van der Waals surface area (Å²) in [5.74, 6) is 0.730. The Labute approximate surface area is 129 Å². The van der Waals surface area contributed by atoms with Gasteiger partial charge in [-0.2, -0.15) is 0 Å². The molecule has 4 heteroatoms. The number of ether oxygens (including phenoxy) is 1. The van der Waals surface area contributed by atoms with E-state index in [1.165, 1.54) is 0 Å². The van der Waals surface area contributed by atoms with Crippen molar-refractivity contribution in [2.45, 2.75) is 6.42 Å². The molecule has 0 spiro atoms. The van der Waals surface area contributed by atoms with Gasteiger partial charge in [0.2, 0.25) is 0 Å². The summed E-state index contributed by atoms with van der Waals surface area (Å²) in [6.45, 7) is 3.88. The third-order valence-electron chi connectivity index (χ3n) is 2.95. The number of ketones is 1. The maximum Gasteiger partial charge on any atom is 0.168 e. The average molecular weight is 302 g/mol. The van der Waals surface area contributed by atoms with Gasteiger partial charge in [0.05, 0.1) is 13.5 Å². The quantitative estimate of drug-likeness (QED) is 0.796. The number of hydrogen-bond donors (Lipinski definition) is 1. The van der Waals surface area contributed by atoms with Crippen LogP contribution in [0.4, 0.5) is 5.69 Å². The molecule has 0 fully saturated rings. The molecule has 0 saturated heterocycles. The Morgan fingerprint density at radius 1 is 1.14 bits per heavy atom. The lowest BCUT2D eigenvalue weighted by molar-refractivity contribution is 0.0993. The van der Waals surface area contributed by atoms with Crippen molar-refractivity contribution in [3.8, 4) is 5.75 Å². The molecule has 0 atom stereocenters. The van der Waals surface area contributed by atoms with Crippen LogP contribution in [-0.4, -0.2) is 12.9 Å². The van der Waals surface area contributed by atoms with Gasteiger partial charge in [0.15, 0.2) is 5.78 Å². The zero-order valence-corrected chi connectivity index (χ0v) is 12.5. The lowest BCUT2D eigenvalue weighted by atomic mass is 10.1. The predicted molar refractivity (Wildman–Crippen MR) is 86.2 cm³/mol. The number of anilines is 1. The third kappa shape index (κ3) is 4.36. The number of methoxy groups -OCH3 is 1. The molecule has 0 radical (unpaired) electrons. The number of allylic oxidation sites excluding steroid dienone is 1. The van der Waals surface area contributed by atoms with Gasteiger partial charge in [0, 0.05) is 22.0 Å². The molecule has 2 aromatic rings. The number of Topliss-reactive ketones (excluding diaryl/α,β-unsaturated/α-hetero) is 1. The number of carbonyl (C=O) groups is 1. The van der Waals surface area contributed by atoms with Gasteiger partial charge in [0.1, 0.15) is 5.75 Å². The molecule has 2 rings (SSSR count). The largest absolute Gasteiger partial charge is 0.497 e. The van der Waals surface area contributed by atoms with E-state index < -0.39 is 0 Å². The average Bonchev–Trinajstić information content (AvgIpc) is 2.49. The zero-order valence-electron chi connectivity index (χ0n) is 11.7. The first-order chi connectivity index (χ1) is 10.1. The van der Waals surface area contributed by atoms with Crippen molar-refractivity contribution < 1.29 is 9.53 Å². The van der Waals surface area contributed by atoms with Gasteiger partial charge >= 0.3 is 0 Å². The second kappa shape index (κ2) is 6.95. The normalized spacial score (nSPS) is 10.0. The van der Waals surface area contributed by atoms with Gasteiger partial charge in [-0.3, -0.25) is 4.79 Å². The molecule has 0 saturated carbocycles. The molecule has 21 heavy (non-hydrogen) atoms. The Kier molecular flexibility index (Phi) is 5.01. The Bertz CT molecular complexity index is 633. The van der Waals surface area contributed by atoms with E-state index in [1.807, 2.05) is 12.1 Å². The highest BCUT2D eigenvalue weighted by Gasteiger charge is 2.08. The molecule has 3 nitrogen and oxygen atoms in total. The highest BCUT2D eigenvalue weighted by Crippen LogP contribution is 2.18. The van der Waals surface area contributed by atoms with Crippen LogP contribution in [0.1, 0.15) is 16.8 Å². The van der Waals surface area contributed by atoms with E-state index in [2.05, 4.69) is 11.9 Å². The number of halogens is 1. The Hall–Kier alpha value is -2.26.